The molecule has 6 heteroatoms. The highest BCUT2D eigenvalue weighted by Gasteiger charge is 2.19. The van der Waals surface area contributed by atoms with Crippen LogP contribution in [0.1, 0.15) is 278 Å². The van der Waals surface area contributed by atoms with Crippen molar-refractivity contribution in [3.63, 3.8) is 0 Å². The zero-order chi connectivity index (χ0) is 58.5. The van der Waals surface area contributed by atoms with Crippen LogP contribution in [0.25, 0.3) is 0 Å². The molecule has 0 radical (unpaired) electrons. The molecular formula is C75H120O6. The van der Waals surface area contributed by atoms with E-state index in [0.29, 0.717) is 19.3 Å². The molecule has 6 nitrogen and oxygen atoms in total. The lowest BCUT2D eigenvalue weighted by molar-refractivity contribution is -0.167. The Morgan fingerprint density at radius 1 is 0.259 bits per heavy atom. The molecule has 0 heterocycles. The van der Waals surface area contributed by atoms with Crippen LogP contribution in [0.4, 0.5) is 0 Å². The van der Waals surface area contributed by atoms with Gasteiger partial charge in [0.1, 0.15) is 13.2 Å². The highest BCUT2D eigenvalue weighted by Crippen LogP contribution is 2.14. The first kappa shape index (κ1) is 76.0. The molecule has 0 aromatic carbocycles. The van der Waals surface area contributed by atoms with Crippen molar-refractivity contribution in [3.8, 4) is 0 Å². The van der Waals surface area contributed by atoms with Gasteiger partial charge in [0.15, 0.2) is 6.10 Å². The van der Waals surface area contributed by atoms with Crippen molar-refractivity contribution in [1.82, 2.24) is 0 Å². The Morgan fingerprint density at radius 3 is 0.815 bits per heavy atom. The average Bonchev–Trinajstić information content (AvgIpc) is 3.46. The normalized spacial score (nSPS) is 13.2. The lowest BCUT2D eigenvalue weighted by atomic mass is 10.1. The van der Waals surface area contributed by atoms with Crippen LogP contribution < -0.4 is 0 Å². The summed E-state index contributed by atoms with van der Waals surface area (Å²) in [5, 5.41) is 0. The van der Waals surface area contributed by atoms with Crippen LogP contribution in [-0.2, 0) is 28.6 Å². The SMILES string of the molecule is CC/C=C\C/C=C\C/C=C\C/C=C\C/C=C\C/C=C\C/C=C\C/C=C\C/C=C\C/C=C\CCCCCCC(=O)OCC(COC(=O)CCCCCCC/C=C\C/C=C\CCC)OC(=O)CCCCCCC/C=C\CCCCCCCC. The number of hydrogen-bond donors (Lipinski definition) is 0. The fourth-order valence-electron chi connectivity index (χ4n) is 8.56. The van der Waals surface area contributed by atoms with E-state index in [1.807, 2.05) is 0 Å². The maximum atomic E-state index is 12.9. The molecular weight excluding hydrogens is 997 g/mol. The molecule has 0 aliphatic carbocycles. The molecule has 0 rings (SSSR count). The number of unbranched alkanes of at least 4 members (excludes halogenated alkanes) is 21. The second kappa shape index (κ2) is 67.5. The Balaban J connectivity index is 4.34. The molecule has 81 heavy (non-hydrogen) atoms. The first-order chi connectivity index (χ1) is 40.0. The Kier molecular flexibility index (Phi) is 63.4. The first-order valence-electron chi connectivity index (χ1n) is 33.0. The highest BCUT2D eigenvalue weighted by atomic mass is 16.6. The summed E-state index contributed by atoms with van der Waals surface area (Å²) in [6.07, 6.45) is 98.3. The minimum Gasteiger partial charge on any atom is -0.462 e. The number of allylic oxidation sites excluding steroid dienone is 26. The van der Waals surface area contributed by atoms with Gasteiger partial charge in [-0.05, 0) is 148 Å². The van der Waals surface area contributed by atoms with Crippen molar-refractivity contribution in [2.24, 2.45) is 0 Å². The summed E-state index contributed by atoms with van der Waals surface area (Å²) in [6, 6.07) is 0. The molecule has 0 saturated carbocycles. The van der Waals surface area contributed by atoms with E-state index in [1.54, 1.807) is 0 Å². The summed E-state index contributed by atoms with van der Waals surface area (Å²) >= 11 is 0. The first-order valence-corrected chi connectivity index (χ1v) is 33.0. The van der Waals surface area contributed by atoms with E-state index in [-0.39, 0.29) is 31.1 Å². The van der Waals surface area contributed by atoms with Gasteiger partial charge in [0.2, 0.25) is 0 Å². The summed E-state index contributed by atoms with van der Waals surface area (Å²) in [7, 11) is 0. The van der Waals surface area contributed by atoms with E-state index < -0.39 is 6.10 Å². The Hall–Kier alpha value is -4.97. The molecule has 0 bridgehead atoms. The third kappa shape index (κ3) is 65.7. The third-order valence-electron chi connectivity index (χ3n) is 13.5. The van der Waals surface area contributed by atoms with E-state index in [4.69, 9.17) is 14.2 Å². The summed E-state index contributed by atoms with van der Waals surface area (Å²) in [5.41, 5.74) is 0. The molecule has 0 spiro atoms. The van der Waals surface area contributed by atoms with Gasteiger partial charge >= 0.3 is 17.9 Å². The van der Waals surface area contributed by atoms with Crippen molar-refractivity contribution < 1.29 is 28.6 Å². The summed E-state index contributed by atoms with van der Waals surface area (Å²) in [4.78, 5) is 38.3. The predicted octanol–water partition coefficient (Wildman–Crippen LogP) is 22.9. The molecule has 0 aliphatic rings. The predicted molar refractivity (Wildman–Crippen MR) is 352 cm³/mol. The van der Waals surface area contributed by atoms with Crippen LogP contribution in [0.5, 0.6) is 0 Å². The largest absolute Gasteiger partial charge is 0.462 e. The minimum absolute atomic E-state index is 0.102. The van der Waals surface area contributed by atoms with Crippen LogP contribution in [-0.4, -0.2) is 37.2 Å². The fraction of sp³-hybridized carbons (Fsp3) is 0.613. The summed E-state index contributed by atoms with van der Waals surface area (Å²) in [6.45, 7) is 6.41. The smallest absolute Gasteiger partial charge is 0.306 e. The van der Waals surface area contributed by atoms with Gasteiger partial charge in [-0.3, -0.25) is 14.4 Å². The van der Waals surface area contributed by atoms with E-state index in [1.165, 1.54) is 57.8 Å². The maximum absolute atomic E-state index is 12.9. The maximum Gasteiger partial charge on any atom is 0.306 e. The molecule has 1 unspecified atom stereocenters. The monoisotopic (exact) mass is 1120 g/mol. The fourth-order valence-corrected chi connectivity index (χ4v) is 8.56. The van der Waals surface area contributed by atoms with Crippen LogP contribution in [0, 0.1) is 0 Å². The Labute approximate surface area is 499 Å². The number of ether oxygens (including phenoxy) is 3. The van der Waals surface area contributed by atoms with Crippen LogP contribution in [0.2, 0.25) is 0 Å². The second-order valence-electron chi connectivity index (χ2n) is 21.3. The minimum atomic E-state index is -0.806. The number of esters is 3. The van der Waals surface area contributed by atoms with Gasteiger partial charge in [-0.25, -0.2) is 0 Å². The third-order valence-corrected chi connectivity index (χ3v) is 13.5. The van der Waals surface area contributed by atoms with Crippen LogP contribution in [0.3, 0.4) is 0 Å². The number of rotatable bonds is 58. The molecule has 0 N–H and O–H groups in total. The molecule has 0 saturated heterocycles. The van der Waals surface area contributed by atoms with E-state index in [0.717, 1.165) is 180 Å². The van der Waals surface area contributed by atoms with E-state index in [9.17, 15) is 14.4 Å². The van der Waals surface area contributed by atoms with E-state index >= 15 is 0 Å². The van der Waals surface area contributed by atoms with Crippen molar-refractivity contribution >= 4 is 17.9 Å². The average molecular weight is 1120 g/mol. The highest BCUT2D eigenvalue weighted by molar-refractivity contribution is 5.71. The van der Waals surface area contributed by atoms with Crippen molar-refractivity contribution in [3.05, 3.63) is 158 Å². The number of carbonyl (C=O) groups is 3. The topological polar surface area (TPSA) is 78.9 Å². The zero-order valence-corrected chi connectivity index (χ0v) is 52.2. The summed E-state index contributed by atoms with van der Waals surface area (Å²) in [5.74, 6) is -0.951. The van der Waals surface area contributed by atoms with Gasteiger partial charge in [0, 0.05) is 19.3 Å². The number of hydrogen-bond acceptors (Lipinski definition) is 6. The van der Waals surface area contributed by atoms with Gasteiger partial charge < -0.3 is 14.2 Å². The molecule has 0 amide bonds. The summed E-state index contributed by atoms with van der Waals surface area (Å²) < 4.78 is 16.9. The lowest BCUT2D eigenvalue weighted by Gasteiger charge is -2.18. The van der Waals surface area contributed by atoms with Crippen LogP contribution >= 0.6 is 0 Å². The molecule has 456 valence electrons. The molecule has 0 fully saturated rings. The number of carbonyl (C=O) groups excluding carboxylic acids is 3. The quantitative estimate of drug-likeness (QED) is 0.0261. The zero-order valence-electron chi connectivity index (χ0n) is 52.2. The lowest BCUT2D eigenvalue weighted by Crippen LogP contribution is -2.30. The van der Waals surface area contributed by atoms with Gasteiger partial charge in [-0.15, -0.1) is 0 Å². The standard InChI is InChI=1S/C75H120O6/c1-4-7-10-13-16-19-22-25-27-28-29-30-31-32-33-34-35-36-37-38-39-40-41-42-43-44-45-46-48-50-53-56-59-62-65-68-74(77)80-71-72(70-79-73(76)67-64-61-58-55-52-49-24-21-18-15-12-9-6-3)81-75(78)69-66-63-60-57-54-51-47-26-23-20-17-14-11-8-5-2/h7,10,12,15-16,19,21,24-27,29-30,32-33,35-36,38-39,41-42,44-45,47-48,50,72H,4-6,8-9,11,13-14,17-18,20,22-23,28,31,34,37,40,43,46,49,51-71H2,1-3H3/b10-7-,15-12-,19-16-,24-21-,27-25-,30-29-,33-32-,36-35-,39-38-,42-41-,45-44-,47-26-,50-48-. The Morgan fingerprint density at radius 2 is 0.506 bits per heavy atom. The van der Waals surface area contributed by atoms with Crippen molar-refractivity contribution in [2.75, 3.05) is 13.2 Å². The van der Waals surface area contributed by atoms with Gasteiger partial charge in [-0.2, -0.15) is 0 Å². The van der Waals surface area contributed by atoms with Gasteiger partial charge in [0.25, 0.3) is 0 Å². The van der Waals surface area contributed by atoms with Gasteiger partial charge in [0.05, 0.1) is 0 Å². The van der Waals surface area contributed by atoms with Gasteiger partial charge in [-0.1, -0.05) is 269 Å². The molecule has 1 atom stereocenters. The molecule has 0 aromatic rings. The second-order valence-corrected chi connectivity index (χ2v) is 21.3. The van der Waals surface area contributed by atoms with E-state index in [2.05, 4.69) is 179 Å². The van der Waals surface area contributed by atoms with Crippen molar-refractivity contribution in [2.45, 2.75) is 284 Å². The molecule has 0 aliphatic heterocycles. The Bertz CT molecular complexity index is 1810. The molecule has 0 aromatic heterocycles. The van der Waals surface area contributed by atoms with Crippen molar-refractivity contribution in [1.29, 1.82) is 0 Å². The van der Waals surface area contributed by atoms with Crippen LogP contribution in [0.15, 0.2) is 158 Å².